The van der Waals surface area contributed by atoms with Gasteiger partial charge in [-0.25, -0.2) is 4.98 Å². The standard InChI is InChI=1S/C15H15N3O3S/c1-21-12-5-3-2-4-9(12)10-8-11(10)17-13(19)14(20)18-15-16-6-7-22-15/h2-7,10-11H,8H2,1H3,(H,17,19)(H,16,18,20). The number of methoxy groups -OCH3 is 1. The number of nitrogens with one attached hydrogen (secondary N) is 2. The van der Waals surface area contributed by atoms with Gasteiger partial charge in [0.1, 0.15) is 5.75 Å². The lowest BCUT2D eigenvalue weighted by Crippen LogP contribution is -2.37. The zero-order valence-electron chi connectivity index (χ0n) is 11.9. The summed E-state index contributed by atoms with van der Waals surface area (Å²) in [6, 6.07) is 7.67. The molecule has 0 aliphatic heterocycles. The van der Waals surface area contributed by atoms with Crippen molar-refractivity contribution in [2.24, 2.45) is 0 Å². The summed E-state index contributed by atoms with van der Waals surface area (Å²) >= 11 is 1.27. The molecule has 1 aromatic heterocycles. The van der Waals surface area contributed by atoms with Gasteiger partial charge in [-0.05, 0) is 18.1 Å². The van der Waals surface area contributed by atoms with Gasteiger partial charge < -0.3 is 10.1 Å². The first kappa shape index (κ1) is 14.5. The van der Waals surface area contributed by atoms with E-state index in [2.05, 4.69) is 15.6 Å². The zero-order valence-corrected chi connectivity index (χ0v) is 12.7. The van der Waals surface area contributed by atoms with Gasteiger partial charge in [-0.3, -0.25) is 14.9 Å². The Labute approximate surface area is 131 Å². The normalized spacial score (nSPS) is 19.3. The van der Waals surface area contributed by atoms with Crippen LogP contribution >= 0.6 is 11.3 Å². The maximum absolute atomic E-state index is 11.9. The van der Waals surface area contributed by atoms with E-state index in [-0.39, 0.29) is 12.0 Å². The average molecular weight is 317 g/mol. The van der Waals surface area contributed by atoms with E-state index in [1.54, 1.807) is 18.7 Å². The lowest BCUT2D eigenvalue weighted by Gasteiger charge is -2.08. The minimum Gasteiger partial charge on any atom is -0.496 e. The fourth-order valence-electron chi connectivity index (χ4n) is 2.34. The highest BCUT2D eigenvalue weighted by molar-refractivity contribution is 7.13. The Morgan fingerprint density at radius 1 is 1.32 bits per heavy atom. The predicted octanol–water partition coefficient (Wildman–Crippen LogP) is 1.76. The van der Waals surface area contributed by atoms with Gasteiger partial charge in [-0.1, -0.05) is 18.2 Å². The van der Waals surface area contributed by atoms with Gasteiger partial charge in [-0.15, -0.1) is 11.3 Å². The first-order chi connectivity index (χ1) is 10.7. The fourth-order valence-corrected chi connectivity index (χ4v) is 2.87. The van der Waals surface area contributed by atoms with Crippen molar-refractivity contribution in [1.29, 1.82) is 0 Å². The van der Waals surface area contributed by atoms with Crippen LogP contribution in [0, 0.1) is 0 Å². The van der Waals surface area contributed by atoms with E-state index in [1.165, 1.54) is 11.3 Å². The molecule has 1 aromatic carbocycles. The Hall–Kier alpha value is -2.41. The van der Waals surface area contributed by atoms with Crippen molar-refractivity contribution in [2.45, 2.75) is 18.4 Å². The number of aromatic nitrogens is 1. The van der Waals surface area contributed by atoms with Crippen molar-refractivity contribution >= 4 is 28.3 Å². The number of benzene rings is 1. The van der Waals surface area contributed by atoms with Gasteiger partial charge in [0.15, 0.2) is 5.13 Å². The van der Waals surface area contributed by atoms with Crippen molar-refractivity contribution in [3.8, 4) is 5.75 Å². The maximum atomic E-state index is 11.9. The monoisotopic (exact) mass is 317 g/mol. The number of carbonyl (C=O) groups is 2. The van der Waals surface area contributed by atoms with Crippen LogP contribution in [0.3, 0.4) is 0 Å². The number of para-hydroxylation sites is 1. The summed E-state index contributed by atoms with van der Waals surface area (Å²) < 4.78 is 5.32. The lowest BCUT2D eigenvalue weighted by atomic mass is 10.1. The van der Waals surface area contributed by atoms with Crippen molar-refractivity contribution in [2.75, 3.05) is 12.4 Å². The van der Waals surface area contributed by atoms with Gasteiger partial charge >= 0.3 is 11.8 Å². The van der Waals surface area contributed by atoms with Crippen LogP contribution in [0.4, 0.5) is 5.13 Å². The number of hydrogen-bond donors (Lipinski definition) is 2. The summed E-state index contributed by atoms with van der Waals surface area (Å²) in [5.74, 6) is -0.345. The fraction of sp³-hybridized carbons (Fsp3) is 0.267. The highest BCUT2D eigenvalue weighted by Gasteiger charge is 2.41. The summed E-state index contributed by atoms with van der Waals surface area (Å²) in [5.41, 5.74) is 1.05. The molecule has 2 unspecified atom stereocenters. The minimum atomic E-state index is -0.694. The van der Waals surface area contributed by atoms with Crippen LogP contribution in [0.2, 0.25) is 0 Å². The van der Waals surface area contributed by atoms with Crippen molar-refractivity contribution in [3.63, 3.8) is 0 Å². The average Bonchev–Trinajstić information content (AvgIpc) is 3.09. The second-order valence-corrected chi connectivity index (χ2v) is 5.85. The summed E-state index contributed by atoms with van der Waals surface area (Å²) in [6.07, 6.45) is 2.37. The number of rotatable bonds is 4. The number of thiazole rings is 1. The molecular formula is C15H15N3O3S. The number of hydrogen-bond acceptors (Lipinski definition) is 5. The van der Waals surface area contributed by atoms with Gasteiger partial charge in [-0.2, -0.15) is 0 Å². The van der Waals surface area contributed by atoms with E-state index in [4.69, 9.17) is 4.74 Å². The molecule has 0 radical (unpaired) electrons. The third kappa shape index (κ3) is 3.09. The van der Waals surface area contributed by atoms with Crippen LogP contribution in [0.15, 0.2) is 35.8 Å². The molecule has 0 bridgehead atoms. The highest BCUT2D eigenvalue weighted by atomic mass is 32.1. The van der Waals surface area contributed by atoms with Crippen LogP contribution in [-0.2, 0) is 9.59 Å². The minimum absolute atomic E-state index is 0.0363. The van der Waals surface area contributed by atoms with E-state index >= 15 is 0 Å². The van der Waals surface area contributed by atoms with E-state index in [0.717, 1.165) is 17.7 Å². The molecule has 7 heteroatoms. The van der Waals surface area contributed by atoms with Crippen LogP contribution in [-0.4, -0.2) is 29.9 Å². The van der Waals surface area contributed by atoms with Gasteiger partial charge in [0.25, 0.3) is 0 Å². The molecule has 0 saturated heterocycles. The Balaban J connectivity index is 1.57. The molecule has 1 saturated carbocycles. The predicted molar refractivity (Wildman–Crippen MR) is 83.0 cm³/mol. The molecule has 2 aromatic rings. The molecular weight excluding hydrogens is 302 g/mol. The molecule has 3 rings (SSSR count). The van der Waals surface area contributed by atoms with E-state index < -0.39 is 11.8 Å². The molecule has 114 valence electrons. The molecule has 22 heavy (non-hydrogen) atoms. The van der Waals surface area contributed by atoms with Gasteiger partial charge in [0.05, 0.1) is 7.11 Å². The molecule has 2 N–H and O–H groups in total. The smallest absolute Gasteiger partial charge is 0.315 e. The Bertz CT molecular complexity index is 687. The first-order valence-electron chi connectivity index (χ1n) is 6.83. The second-order valence-electron chi connectivity index (χ2n) is 4.96. The number of nitrogens with zero attached hydrogens (tertiary/aromatic N) is 1. The molecule has 0 spiro atoms. The largest absolute Gasteiger partial charge is 0.496 e. The third-order valence-electron chi connectivity index (χ3n) is 3.50. The number of ether oxygens (including phenoxy) is 1. The van der Waals surface area contributed by atoms with E-state index in [9.17, 15) is 9.59 Å². The second kappa shape index (κ2) is 6.15. The molecule has 1 aliphatic carbocycles. The van der Waals surface area contributed by atoms with Crippen LogP contribution in [0.5, 0.6) is 5.75 Å². The lowest BCUT2D eigenvalue weighted by molar-refractivity contribution is -0.136. The quantitative estimate of drug-likeness (QED) is 0.842. The van der Waals surface area contributed by atoms with Gasteiger partial charge in [0.2, 0.25) is 0 Å². The van der Waals surface area contributed by atoms with Crippen LogP contribution < -0.4 is 15.4 Å². The highest BCUT2D eigenvalue weighted by Crippen LogP contribution is 2.44. The van der Waals surface area contributed by atoms with Crippen molar-refractivity contribution in [3.05, 3.63) is 41.4 Å². The number of carbonyl (C=O) groups excluding carboxylic acids is 2. The number of anilines is 1. The summed E-state index contributed by atoms with van der Waals surface area (Å²) in [7, 11) is 1.62. The van der Waals surface area contributed by atoms with E-state index in [1.807, 2.05) is 24.3 Å². The molecule has 2 atom stereocenters. The van der Waals surface area contributed by atoms with Crippen molar-refractivity contribution in [1.82, 2.24) is 10.3 Å². The molecule has 1 heterocycles. The summed E-state index contributed by atoms with van der Waals surface area (Å²) in [5, 5.41) is 7.34. The van der Waals surface area contributed by atoms with E-state index in [0.29, 0.717) is 5.13 Å². The molecule has 1 fully saturated rings. The van der Waals surface area contributed by atoms with Gasteiger partial charge in [0, 0.05) is 23.5 Å². The SMILES string of the molecule is COc1ccccc1C1CC1NC(=O)C(=O)Nc1nccs1. The number of amides is 2. The van der Waals surface area contributed by atoms with Crippen molar-refractivity contribution < 1.29 is 14.3 Å². The Kier molecular flexibility index (Phi) is 4.06. The third-order valence-corrected chi connectivity index (χ3v) is 4.19. The zero-order chi connectivity index (χ0) is 15.5. The van der Waals surface area contributed by atoms with Crippen LogP contribution in [0.25, 0.3) is 0 Å². The molecule has 6 nitrogen and oxygen atoms in total. The molecule has 2 amide bonds. The Morgan fingerprint density at radius 2 is 2.14 bits per heavy atom. The van der Waals surface area contributed by atoms with Crippen LogP contribution in [0.1, 0.15) is 17.9 Å². The summed E-state index contributed by atoms with van der Waals surface area (Å²) in [4.78, 5) is 27.5. The first-order valence-corrected chi connectivity index (χ1v) is 7.71. The summed E-state index contributed by atoms with van der Waals surface area (Å²) in [6.45, 7) is 0. The topological polar surface area (TPSA) is 80.3 Å². The molecule has 1 aliphatic rings. The Morgan fingerprint density at radius 3 is 2.86 bits per heavy atom. The maximum Gasteiger partial charge on any atom is 0.315 e.